The van der Waals surface area contributed by atoms with Crippen LogP contribution in [0.5, 0.6) is 11.5 Å². The van der Waals surface area contributed by atoms with Gasteiger partial charge in [-0.1, -0.05) is 25.1 Å². The molecule has 0 aliphatic rings. The fraction of sp³-hybridized carbons (Fsp3) is 0.316. The Hall–Kier alpha value is -2.13. The number of nitrogens with one attached hydrogen (secondary N) is 1. The molecule has 3 heteroatoms. The van der Waals surface area contributed by atoms with Crippen LogP contribution in [0.25, 0.3) is 0 Å². The van der Waals surface area contributed by atoms with E-state index in [1.54, 1.807) is 0 Å². The van der Waals surface area contributed by atoms with Gasteiger partial charge in [-0.25, -0.2) is 0 Å². The quantitative estimate of drug-likeness (QED) is 0.732. The first-order valence-corrected chi connectivity index (χ1v) is 7.78. The molecule has 0 radical (unpaired) electrons. The first-order chi connectivity index (χ1) is 10.7. The predicted molar refractivity (Wildman–Crippen MR) is 89.7 cm³/mol. The topological polar surface area (TPSA) is 38.3 Å². The molecular formula is C19H23NO2. The number of rotatable bonds is 8. The number of para-hydroxylation sites is 1. The van der Waals surface area contributed by atoms with E-state index in [1.807, 2.05) is 54.6 Å². The van der Waals surface area contributed by atoms with E-state index < -0.39 is 0 Å². The van der Waals surface area contributed by atoms with Crippen LogP contribution in [0.4, 0.5) is 0 Å². The Bertz CT molecular complexity index is 578. The molecule has 0 spiro atoms. The van der Waals surface area contributed by atoms with E-state index in [0.717, 1.165) is 30.0 Å². The van der Waals surface area contributed by atoms with Crippen LogP contribution in [0.3, 0.4) is 0 Å². The van der Waals surface area contributed by atoms with Crippen molar-refractivity contribution in [2.24, 2.45) is 0 Å². The Balaban J connectivity index is 1.87. The maximum atomic E-state index is 12.1. The first kappa shape index (κ1) is 16.2. The molecule has 0 aliphatic carbocycles. The Labute approximate surface area is 132 Å². The van der Waals surface area contributed by atoms with Crippen molar-refractivity contribution in [3.05, 3.63) is 60.2 Å². The number of ketones is 1. The normalized spacial score (nSPS) is 11.9. The highest BCUT2D eigenvalue weighted by molar-refractivity contribution is 5.96. The van der Waals surface area contributed by atoms with Crippen molar-refractivity contribution in [3.63, 3.8) is 0 Å². The summed E-state index contributed by atoms with van der Waals surface area (Å²) in [5.41, 5.74) is 0.728. The number of ether oxygens (including phenoxy) is 1. The third kappa shape index (κ3) is 5.01. The van der Waals surface area contributed by atoms with Gasteiger partial charge in [0.2, 0.25) is 0 Å². The average Bonchev–Trinajstić information content (AvgIpc) is 2.56. The van der Waals surface area contributed by atoms with Gasteiger partial charge in [-0.2, -0.15) is 0 Å². The number of carbonyl (C=O) groups is 1. The molecule has 2 rings (SSSR count). The van der Waals surface area contributed by atoms with E-state index in [-0.39, 0.29) is 5.78 Å². The van der Waals surface area contributed by atoms with E-state index in [0.29, 0.717) is 12.5 Å². The molecule has 2 aromatic carbocycles. The number of hydrogen-bond donors (Lipinski definition) is 1. The summed E-state index contributed by atoms with van der Waals surface area (Å²) in [4.78, 5) is 12.1. The Morgan fingerprint density at radius 2 is 1.68 bits per heavy atom. The third-order valence-electron chi connectivity index (χ3n) is 3.61. The minimum absolute atomic E-state index is 0.155. The lowest BCUT2D eigenvalue weighted by Gasteiger charge is -2.10. The van der Waals surface area contributed by atoms with Gasteiger partial charge in [0.05, 0.1) is 0 Å². The molecule has 116 valence electrons. The summed E-state index contributed by atoms with van der Waals surface area (Å²) in [6, 6.07) is 17.4. The van der Waals surface area contributed by atoms with E-state index in [2.05, 4.69) is 19.2 Å². The van der Waals surface area contributed by atoms with Crippen LogP contribution in [0, 0.1) is 0 Å². The molecule has 0 aromatic heterocycles. The van der Waals surface area contributed by atoms with Gasteiger partial charge in [-0.15, -0.1) is 0 Å². The van der Waals surface area contributed by atoms with Gasteiger partial charge in [0, 0.05) is 24.6 Å². The Kier molecular flexibility index (Phi) is 6.16. The minimum Gasteiger partial charge on any atom is -0.457 e. The van der Waals surface area contributed by atoms with Crippen LogP contribution in [-0.4, -0.2) is 18.4 Å². The monoisotopic (exact) mass is 297 g/mol. The zero-order valence-electron chi connectivity index (χ0n) is 13.2. The molecule has 2 aromatic rings. The maximum absolute atomic E-state index is 12.1. The SMILES string of the molecule is CCC(C)NCCC(=O)c1ccc(Oc2ccccc2)cc1. The molecule has 3 nitrogen and oxygen atoms in total. The highest BCUT2D eigenvalue weighted by Crippen LogP contribution is 2.21. The van der Waals surface area contributed by atoms with Gasteiger partial charge in [0.15, 0.2) is 5.78 Å². The van der Waals surface area contributed by atoms with Crippen LogP contribution < -0.4 is 10.1 Å². The summed E-state index contributed by atoms with van der Waals surface area (Å²) in [5.74, 6) is 1.68. The number of hydrogen-bond acceptors (Lipinski definition) is 3. The molecule has 0 amide bonds. The van der Waals surface area contributed by atoms with Gasteiger partial charge in [0.1, 0.15) is 11.5 Å². The summed E-state index contributed by atoms with van der Waals surface area (Å²) in [6.45, 7) is 4.97. The van der Waals surface area contributed by atoms with Gasteiger partial charge >= 0.3 is 0 Å². The van der Waals surface area contributed by atoms with Gasteiger partial charge < -0.3 is 10.1 Å². The third-order valence-corrected chi connectivity index (χ3v) is 3.61. The lowest BCUT2D eigenvalue weighted by molar-refractivity contribution is 0.0982. The van der Waals surface area contributed by atoms with Crippen molar-refractivity contribution in [2.45, 2.75) is 32.7 Å². The van der Waals surface area contributed by atoms with Crippen LogP contribution in [0.1, 0.15) is 37.0 Å². The summed E-state index contributed by atoms with van der Waals surface area (Å²) in [7, 11) is 0. The van der Waals surface area contributed by atoms with Gasteiger partial charge in [-0.3, -0.25) is 4.79 Å². The molecule has 1 atom stereocenters. The molecule has 0 aliphatic heterocycles. The average molecular weight is 297 g/mol. The largest absolute Gasteiger partial charge is 0.457 e. The van der Waals surface area contributed by atoms with Crippen LogP contribution in [-0.2, 0) is 0 Å². The highest BCUT2D eigenvalue weighted by Gasteiger charge is 2.07. The molecule has 0 fully saturated rings. The smallest absolute Gasteiger partial charge is 0.164 e. The first-order valence-electron chi connectivity index (χ1n) is 7.78. The molecule has 0 bridgehead atoms. The maximum Gasteiger partial charge on any atom is 0.164 e. The second kappa shape index (κ2) is 8.35. The number of carbonyl (C=O) groups excluding carboxylic acids is 1. The molecule has 1 N–H and O–H groups in total. The van der Waals surface area contributed by atoms with Crippen molar-refractivity contribution in [1.82, 2.24) is 5.32 Å². The van der Waals surface area contributed by atoms with E-state index >= 15 is 0 Å². The molecular weight excluding hydrogens is 274 g/mol. The zero-order chi connectivity index (χ0) is 15.8. The highest BCUT2D eigenvalue weighted by atomic mass is 16.5. The number of Topliss-reactive ketones (excluding diaryl/α,β-unsaturated/α-hetero) is 1. The van der Waals surface area contributed by atoms with Gasteiger partial charge in [0.25, 0.3) is 0 Å². The summed E-state index contributed by atoms with van der Waals surface area (Å²) in [6.07, 6.45) is 1.59. The van der Waals surface area contributed by atoms with E-state index in [4.69, 9.17) is 4.74 Å². The van der Waals surface area contributed by atoms with Crippen molar-refractivity contribution >= 4 is 5.78 Å². The fourth-order valence-electron chi connectivity index (χ4n) is 2.05. The van der Waals surface area contributed by atoms with Crippen molar-refractivity contribution < 1.29 is 9.53 Å². The van der Waals surface area contributed by atoms with E-state index in [9.17, 15) is 4.79 Å². The Morgan fingerprint density at radius 3 is 2.32 bits per heavy atom. The molecule has 22 heavy (non-hydrogen) atoms. The minimum atomic E-state index is 0.155. The van der Waals surface area contributed by atoms with Crippen LogP contribution >= 0.6 is 0 Å². The van der Waals surface area contributed by atoms with Crippen molar-refractivity contribution in [3.8, 4) is 11.5 Å². The predicted octanol–water partition coefficient (Wildman–Crippen LogP) is 4.44. The molecule has 0 saturated carbocycles. The van der Waals surface area contributed by atoms with Crippen molar-refractivity contribution in [2.75, 3.05) is 6.54 Å². The standard InChI is InChI=1S/C19H23NO2/c1-3-15(2)20-14-13-19(21)16-9-11-18(12-10-16)22-17-7-5-4-6-8-17/h4-12,15,20H,3,13-14H2,1-2H3. The second-order valence-corrected chi connectivity index (χ2v) is 5.38. The van der Waals surface area contributed by atoms with Crippen LogP contribution in [0.2, 0.25) is 0 Å². The molecule has 1 unspecified atom stereocenters. The number of benzene rings is 2. The Morgan fingerprint density at radius 1 is 1.05 bits per heavy atom. The fourth-order valence-corrected chi connectivity index (χ4v) is 2.05. The van der Waals surface area contributed by atoms with Gasteiger partial charge in [-0.05, 0) is 49.7 Å². The summed E-state index contributed by atoms with van der Waals surface area (Å²) >= 11 is 0. The van der Waals surface area contributed by atoms with Crippen LogP contribution in [0.15, 0.2) is 54.6 Å². The van der Waals surface area contributed by atoms with E-state index in [1.165, 1.54) is 0 Å². The second-order valence-electron chi connectivity index (χ2n) is 5.38. The summed E-state index contributed by atoms with van der Waals surface area (Å²) < 4.78 is 5.72. The molecule has 0 saturated heterocycles. The lowest BCUT2D eigenvalue weighted by Crippen LogP contribution is -2.27. The summed E-state index contributed by atoms with van der Waals surface area (Å²) in [5, 5.41) is 3.33. The lowest BCUT2D eigenvalue weighted by atomic mass is 10.1. The molecule has 0 heterocycles. The van der Waals surface area contributed by atoms with Crippen molar-refractivity contribution in [1.29, 1.82) is 0 Å². The zero-order valence-corrected chi connectivity index (χ0v) is 13.2.